The molecule has 1 aromatic rings. The Hall–Kier alpha value is -0.730. The molecule has 2 heteroatoms. The number of benzene rings is 1. The van der Waals surface area contributed by atoms with E-state index in [1.165, 1.54) is 10.5 Å². The van der Waals surface area contributed by atoms with Gasteiger partial charge in [0.15, 0.2) is 0 Å². The fourth-order valence-corrected chi connectivity index (χ4v) is 1.82. The Morgan fingerprint density at radius 1 is 1.18 bits per heavy atom. The van der Waals surface area contributed by atoms with Crippen molar-refractivity contribution in [2.24, 2.45) is 0 Å². The summed E-state index contributed by atoms with van der Waals surface area (Å²) >= 11 is 1.71. The highest BCUT2D eigenvalue weighted by Gasteiger charge is 2.05. The van der Waals surface area contributed by atoms with Crippen molar-refractivity contribution < 1.29 is 0 Å². The van der Waals surface area contributed by atoms with Gasteiger partial charge in [0.05, 0.1) is 0 Å². The monoisotopic (exact) mass is 163 g/mol. The van der Waals surface area contributed by atoms with Crippen LogP contribution >= 0.6 is 11.9 Å². The van der Waals surface area contributed by atoms with Gasteiger partial charge in [0.2, 0.25) is 0 Å². The Morgan fingerprint density at radius 2 is 2.00 bits per heavy atom. The molecule has 56 valence electrons. The Morgan fingerprint density at radius 3 is 2.64 bits per heavy atom. The summed E-state index contributed by atoms with van der Waals surface area (Å²) < 4.78 is 3.19. The van der Waals surface area contributed by atoms with Crippen LogP contribution in [-0.2, 0) is 0 Å². The Balaban J connectivity index is 2.29. The Kier molecular flexibility index (Phi) is 1.97. The summed E-state index contributed by atoms with van der Waals surface area (Å²) in [5.41, 5.74) is 1.31. The summed E-state index contributed by atoms with van der Waals surface area (Å²) in [6.45, 7) is 0.981. The molecule has 0 bridgehead atoms. The van der Waals surface area contributed by atoms with Gasteiger partial charge in [0.1, 0.15) is 0 Å². The minimum Gasteiger partial charge on any atom is -0.256 e. The lowest BCUT2D eigenvalue weighted by atomic mass is 10.2. The molecule has 1 N–H and O–H groups in total. The first-order valence-corrected chi connectivity index (χ1v) is 4.44. The number of nitrogens with one attached hydrogen (secondary N) is 1. The highest BCUT2D eigenvalue weighted by molar-refractivity contribution is 8.06. The molecule has 1 heterocycles. The van der Waals surface area contributed by atoms with E-state index in [1.54, 1.807) is 11.9 Å². The molecule has 2 rings (SSSR count). The van der Waals surface area contributed by atoms with E-state index >= 15 is 0 Å². The molecule has 0 radical (unpaired) electrons. The van der Waals surface area contributed by atoms with Gasteiger partial charge in [-0.15, -0.1) is 0 Å². The Labute approximate surface area is 70.6 Å². The first kappa shape index (κ1) is 6.95. The molecule has 1 aromatic carbocycles. The minimum absolute atomic E-state index is 0.981. The van der Waals surface area contributed by atoms with Crippen LogP contribution in [0.15, 0.2) is 36.4 Å². The molecule has 0 aromatic heterocycles. The quantitative estimate of drug-likeness (QED) is 0.637. The van der Waals surface area contributed by atoms with Gasteiger partial charge in [-0.2, -0.15) is 0 Å². The molecule has 0 fully saturated rings. The predicted octanol–water partition coefficient (Wildman–Crippen LogP) is 2.28. The van der Waals surface area contributed by atoms with E-state index in [-0.39, 0.29) is 0 Å². The van der Waals surface area contributed by atoms with Crippen molar-refractivity contribution in [2.75, 3.05) is 6.54 Å². The van der Waals surface area contributed by atoms with Gasteiger partial charge in [-0.05, 0) is 17.5 Å². The van der Waals surface area contributed by atoms with Crippen LogP contribution < -0.4 is 4.72 Å². The molecule has 0 amide bonds. The highest BCUT2D eigenvalue weighted by atomic mass is 32.2. The molecule has 1 aliphatic heterocycles. The van der Waals surface area contributed by atoms with E-state index < -0.39 is 0 Å². The van der Waals surface area contributed by atoms with Crippen LogP contribution in [0.5, 0.6) is 0 Å². The fraction of sp³-hybridized carbons (Fsp3) is 0.111. The summed E-state index contributed by atoms with van der Waals surface area (Å²) in [6, 6.07) is 10.4. The average Bonchev–Trinajstić information content (AvgIpc) is 2.58. The second-order valence-electron chi connectivity index (χ2n) is 2.38. The number of rotatable bonds is 1. The van der Waals surface area contributed by atoms with Gasteiger partial charge in [0, 0.05) is 11.4 Å². The van der Waals surface area contributed by atoms with Crippen LogP contribution in [-0.4, -0.2) is 6.54 Å². The lowest BCUT2D eigenvalue weighted by molar-refractivity contribution is 1.16. The van der Waals surface area contributed by atoms with Crippen LogP contribution in [0, 0.1) is 0 Å². The Bertz CT molecular complexity index is 266. The topological polar surface area (TPSA) is 12.0 Å². The van der Waals surface area contributed by atoms with E-state index in [9.17, 15) is 0 Å². The normalized spacial score (nSPS) is 16.5. The lowest BCUT2D eigenvalue weighted by Gasteiger charge is -1.98. The van der Waals surface area contributed by atoms with Crippen LogP contribution in [0.1, 0.15) is 5.56 Å². The maximum atomic E-state index is 3.19. The first-order valence-electron chi connectivity index (χ1n) is 3.62. The molecule has 0 spiro atoms. The van der Waals surface area contributed by atoms with E-state index in [0.717, 1.165) is 6.54 Å². The molecular weight excluding hydrogens is 154 g/mol. The predicted molar refractivity (Wildman–Crippen MR) is 50.0 cm³/mol. The molecule has 0 unspecified atom stereocenters. The summed E-state index contributed by atoms with van der Waals surface area (Å²) in [7, 11) is 0. The molecule has 0 aliphatic carbocycles. The number of hydrogen-bond acceptors (Lipinski definition) is 2. The third-order valence-electron chi connectivity index (χ3n) is 1.61. The molecule has 0 atom stereocenters. The van der Waals surface area contributed by atoms with Gasteiger partial charge in [0.25, 0.3) is 0 Å². The van der Waals surface area contributed by atoms with Crippen molar-refractivity contribution >= 4 is 16.9 Å². The summed E-state index contributed by atoms with van der Waals surface area (Å²) in [5, 5.41) is 0. The SMILES string of the molecule is C1=C(c2ccccc2)SNC1. The standard InChI is InChI=1S/C9H9NS/c1-2-4-8(5-3-1)9-6-7-10-11-9/h1-6,10H,7H2. The summed E-state index contributed by atoms with van der Waals surface area (Å²) in [5.74, 6) is 0. The third kappa shape index (κ3) is 1.47. The zero-order valence-corrected chi connectivity index (χ0v) is 6.90. The largest absolute Gasteiger partial charge is 0.256 e. The summed E-state index contributed by atoms with van der Waals surface area (Å²) in [6.07, 6.45) is 2.21. The van der Waals surface area contributed by atoms with Crippen molar-refractivity contribution in [3.05, 3.63) is 42.0 Å². The molecule has 1 aliphatic rings. The van der Waals surface area contributed by atoms with Crippen LogP contribution in [0.25, 0.3) is 4.91 Å². The van der Waals surface area contributed by atoms with Crippen molar-refractivity contribution in [3.8, 4) is 0 Å². The van der Waals surface area contributed by atoms with Gasteiger partial charge in [-0.3, -0.25) is 4.72 Å². The molecule has 11 heavy (non-hydrogen) atoms. The maximum Gasteiger partial charge on any atom is 0.0273 e. The van der Waals surface area contributed by atoms with Crippen LogP contribution in [0.4, 0.5) is 0 Å². The second kappa shape index (κ2) is 3.11. The van der Waals surface area contributed by atoms with Gasteiger partial charge < -0.3 is 0 Å². The number of hydrogen-bond donors (Lipinski definition) is 1. The van der Waals surface area contributed by atoms with Crippen molar-refractivity contribution in [1.29, 1.82) is 0 Å². The maximum absolute atomic E-state index is 3.19. The summed E-state index contributed by atoms with van der Waals surface area (Å²) in [4.78, 5) is 1.34. The second-order valence-corrected chi connectivity index (χ2v) is 3.32. The zero-order valence-electron chi connectivity index (χ0n) is 6.08. The van der Waals surface area contributed by atoms with Crippen molar-refractivity contribution in [3.63, 3.8) is 0 Å². The van der Waals surface area contributed by atoms with Gasteiger partial charge >= 0.3 is 0 Å². The minimum atomic E-state index is 0.981. The van der Waals surface area contributed by atoms with E-state index in [0.29, 0.717) is 0 Å². The first-order chi connectivity index (χ1) is 5.47. The molecule has 0 saturated heterocycles. The van der Waals surface area contributed by atoms with E-state index in [2.05, 4.69) is 35.1 Å². The van der Waals surface area contributed by atoms with Crippen molar-refractivity contribution in [2.45, 2.75) is 0 Å². The van der Waals surface area contributed by atoms with E-state index in [1.807, 2.05) is 6.07 Å². The van der Waals surface area contributed by atoms with Crippen LogP contribution in [0.3, 0.4) is 0 Å². The third-order valence-corrected chi connectivity index (χ3v) is 2.54. The molecular formula is C9H9NS. The zero-order chi connectivity index (χ0) is 7.52. The fourth-order valence-electron chi connectivity index (χ4n) is 1.07. The van der Waals surface area contributed by atoms with E-state index in [4.69, 9.17) is 0 Å². The van der Waals surface area contributed by atoms with Gasteiger partial charge in [-0.1, -0.05) is 36.4 Å². The van der Waals surface area contributed by atoms with Crippen LogP contribution in [0.2, 0.25) is 0 Å². The lowest BCUT2D eigenvalue weighted by Crippen LogP contribution is -1.92. The van der Waals surface area contributed by atoms with Gasteiger partial charge in [-0.25, -0.2) is 0 Å². The van der Waals surface area contributed by atoms with Crippen molar-refractivity contribution in [1.82, 2.24) is 4.72 Å². The highest BCUT2D eigenvalue weighted by Crippen LogP contribution is 2.27. The molecule has 1 nitrogen and oxygen atoms in total. The average molecular weight is 163 g/mol. The smallest absolute Gasteiger partial charge is 0.0273 e. The molecule has 0 saturated carbocycles.